The SMILES string of the molecule is CC[C@H](C(=O)NC1CCCCC1)N(Cc1ccc(Cl)cc1)C(=O)CN(c1ccc(OC)cc1)S(=O)(=O)c1ccccc1. The Morgan fingerprint density at radius 2 is 1.60 bits per heavy atom. The molecule has 0 spiro atoms. The quantitative estimate of drug-likeness (QED) is 0.279. The third-order valence-corrected chi connectivity index (χ3v) is 9.61. The van der Waals surface area contributed by atoms with Crippen molar-refractivity contribution in [1.82, 2.24) is 10.2 Å². The van der Waals surface area contributed by atoms with Crippen LogP contribution in [-0.2, 0) is 26.2 Å². The normalized spacial score (nSPS) is 14.5. The fourth-order valence-corrected chi connectivity index (χ4v) is 6.81. The molecular formula is C32H38ClN3O5S. The molecule has 4 rings (SSSR count). The van der Waals surface area contributed by atoms with Crippen molar-refractivity contribution in [2.24, 2.45) is 0 Å². The summed E-state index contributed by atoms with van der Waals surface area (Å²) >= 11 is 6.10. The molecule has 1 aliphatic carbocycles. The van der Waals surface area contributed by atoms with Gasteiger partial charge in [-0.1, -0.05) is 68.1 Å². The number of anilines is 1. The number of methoxy groups -OCH3 is 1. The van der Waals surface area contributed by atoms with Crippen molar-refractivity contribution in [3.63, 3.8) is 0 Å². The van der Waals surface area contributed by atoms with E-state index in [2.05, 4.69) is 5.32 Å². The Balaban J connectivity index is 1.69. The molecule has 1 atom stereocenters. The number of sulfonamides is 1. The van der Waals surface area contributed by atoms with Gasteiger partial charge in [0.25, 0.3) is 10.0 Å². The minimum absolute atomic E-state index is 0.0555. The maximum Gasteiger partial charge on any atom is 0.264 e. The number of hydrogen-bond donors (Lipinski definition) is 1. The number of nitrogens with one attached hydrogen (secondary N) is 1. The van der Waals surface area contributed by atoms with E-state index in [1.54, 1.807) is 66.7 Å². The smallest absolute Gasteiger partial charge is 0.264 e. The average molecular weight is 612 g/mol. The number of carbonyl (C=O) groups excluding carboxylic acids is 2. The Kier molecular flexibility index (Phi) is 10.9. The second-order valence-electron chi connectivity index (χ2n) is 10.4. The van der Waals surface area contributed by atoms with Gasteiger partial charge in [0.2, 0.25) is 11.8 Å². The van der Waals surface area contributed by atoms with Gasteiger partial charge in [-0.05, 0) is 73.4 Å². The Hall–Kier alpha value is -3.56. The lowest BCUT2D eigenvalue weighted by Gasteiger charge is -2.34. The number of amides is 2. The fourth-order valence-electron chi connectivity index (χ4n) is 5.25. The van der Waals surface area contributed by atoms with E-state index in [9.17, 15) is 18.0 Å². The van der Waals surface area contributed by atoms with Crippen molar-refractivity contribution in [3.8, 4) is 5.75 Å². The van der Waals surface area contributed by atoms with E-state index in [0.29, 0.717) is 22.9 Å². The van der Waals surface area contributed by atoms with Crippen LogP contribution in [0.25, 0.3) is 0 Å². The molecule has 3 aromatic rings. The third kappa shape index (κ3) is 7.83. The zero-order chi connectivity index (χ0) is 30.1. The summed E-state index contributed by atoms with van der Waals surface area (Å²) in [5.74, 6) is -0.170. The summed E-state index contributed by atoms with van der Waals surface area (Å²) in [6.07, 6.45) is 5.46. The van der Waals surface area contributed by atoms with Crippen molar-refractivity contribution in [2.75, 3.05) is 18.0 Å². The van der Waals surface area contributed by atoms with Gasteiger partial charge < -0.3 is 15.0 Å². The van der Waals surface area contributed by atoms with E-state index >= 15 is 0 Å². The summed E-state index contributed by atoms with van der Waals surface area (Å²) in [5, 5.41) is 3.71. The molecule has 1 fully saturated rings. The molecule has 0 heterocycles. The number of nitrogens with zero attached hydrogens (tertiary/aromatic N) is 2. The van der Waals surface area contributed by atoms with Gasteiger partial charge in [-0.2, -0.15) is 0 Å². The highest BCUT2D eigenvalue weighted by Gasteiger charge is 2.34. The molecule has 3 aromatic carbocycles. The van der Waals surface area contributed by atoms with Crippen LogP contribution < -0.4 is 14.4 Å². The van der Waals surface area contributed by atoms with E-state index in [1.165, 1.54) is 24.1 Å². The van der Waals surface area contributed by atoms with Gasteiger partial charge in [-0.15, -0.1) is 0 Å². The molecule has 8 nitrogen and oxygen atoms in total. The van der Waals surface area contributed by atoms with Crippen LogP contribution in [-0.4, -0.2) is 50.9 Å². The Bertz CT molecular complexity index is 1430. The Labute approximate surface area is 253 Å². The minimum atomic E-state index is -4.13. The second-order valence-corrected chi connectivity index (χ2v) is 12.7. The summed E-state index contributed by atoms with van der Waals surface area (Å²) in [6.45, 7) is 1.48. The predicted molar refractivity (Wildman–Crippen MR) is 165 cm³/mol. The minimum Gasteiger partial charge on any atom is -0.497 e. The van der Waals surface area contributed by atoms with E-state index in [-0.39, 0.29) is 23.4 Å². The lowest BCUT2D eigenvalue weighted by molar-refractivity contribution is -0.140. The standard InChI is InChI=1S/C32H38ClN3O5S/c1-3-30(32(38)34-26-10-6-4-7-11-26)35(22-24-14-16-25(33)17-15-24)31(37)23-36(27-18-20-28(41-2)21-19-27)42(39,40)29-12-8-5-9-13-29/h5,8-9,12-21,26,30H,3-4,6-7,10-11,22-23H2,1-2H3,(H,34,38)/t30-/m1/s1. The van der Waals surface area contributed by atoms with Crippen molar-refractivity contribution in [2.45, 2.75) is 69.0 Å². The monoisotopic (exact) mass is 611 g/mol. The number of halogens is 1. The summed E-state index contributed by atoms with van der Waals surface area (Å²) in [6, 6.07) is 20.8. The van der Waals surface area contributed by atoms with E-state index in [0.717, 1.165) is 42.0 Å². The van der Waals surface area contributed by atoms with Gasteiger partial charge >= 0.3 is 0 Å². The first-order valence-electron chi connectivity index (χ1n) is 14.3. The third-order valence-electron chi connectivity index (χ3n) is 7.57. The van der Waals surface area contributed by atoms with Crippen molar-refractivity contribution in [1.29, 1.82) is 0 Å². The van der Waals surface area contributed by atoms with E-state index < -0.39 is 28.5 Å². The van der Waals surface area contributed by atoms with Crippen molar-refractivity contribution in [3.05, 3.63) is 89.4 Å². The molecule has 1 aliphatic rings. The van der Waals surface area contributed by atoms with Crippen LogP contribution in [0.15, 0.2) is 83.8 Å². The number of ether oxygens (including phenoxy) is 1. The Morgan fingerprint density at radius 3 is 2.19 bits per heavy atom. The van der Waals surface area contributed by atoms with Gasteiger partial charge in [-0.25, -0.2) is 8.42 Å². The van der Waals surface area contributed by atoms with Gasteiger partial charge in [0.1, 0.15) is 18.3 Å². The maximum atomic E-state index is 14.2. The van der Waals surface area contributed by atoms with E-state index in [1.807, 2.05) is 6.92 Å². The number of carbonyl (C=O) groups is 2. The second kappa shape index (κ2) is 14.6. The highest BCUT2D eigenvalue weighted by Crippen LogP contribution is 2.27. The van der Waals surface area contributed by atoms with Crippen LogP contribution in [0.4, 0.5) is 5.69 Å². The predicted octanol–water partition coefficient (Wildman–Crippen LogP) is 5.80. The topological polar surface area (TPSA) is 96.0 Å². The zero-order valence-electron chi connectivity index (χ0n) is 24.0. The van der Waals surface area contributed by atoms with Crippen molar-refractivity contribution < 1.29 is 22.7 Å². The molecular weight excluding hydrogens is 574 g/mol. The number of benzene rings is 3. The van der Waals surface area contributed by atoms with Crippen LogP contribution in [0.1, 0.15) is 51.0 Å². The summed E-state index contributed by atoms with van der Waals surface area (Å²) in [5.41, 5.74) is 1.08. The molecule has 0 bridgehead atoms. The van der Waals surface area contributed by atoms with Gasteiger partial charge in [0.15, 0.2) is 0 Å². The van der Waals surface area contributed by atoms with Crippen LogP contribution in [0.2, 0.25) is 5.02 Å². The van der Waals surface area contributed by atoms with Crippen LogP contribution >= 0.6 is 11.6 Å². The molecule has 0 aromatic heterocycles. The molecule has 0 aliphatic heterocycles. The summed E-state index contributed by atoms with van der Waals surface area (Å²) < 4.78 is 34.2. The zero-order valence-corrected chi connectivity index (χ0v) is 25.6. The molecule has 0 unspecified atom stereocenters. The lowest BCUT2D eigenvalue weighted by Crippen LogP contribution is -2.54. The largest absolute Gasteiger partial charge is 0.497 e. The molecule has 1 N–H and O–H groups in total. The maximum absolute atomic E-state index is 14.2. The molecule has 0 saturated heterocycles. The number of rotatable bonds is 12. The lowest BCUT2D eigenvalue weighted by atomic mass is 9.95. The molecule has 1 saturated carbocycles. The molecule has 10 heteroatoms. The summed E-state index contributed by atoms with van der Waals surface area (Å²) in [4.78, 5) is 29.3. The van der Waals surface area contributed by atoms with Crippen LogP contribution in [0.5, 0.6) is 5.75 Å². The molecule has 224 valence electrons. The first-order chi connectivity index (χ1) is 20.2. The first-order valence-corrected chi connectivity index (χ1v) is 16.1. The molecule has 0 radical (unpaired) electrons. The van der Waals surface area contributed by atoms with E-state index in [4.69, 9.17) is 16.3 Å². The highest BCUT2D eigenvalue weighted by molar-refractivity contribution is 7.92. The highest BCUT2D eigenvalue weighted by atomic mass is 35.5. The van der Waals surface area contributed by atoms with Gasteiger partial charge in [0.05, 0.1) is 17.7 Å². The van der Waals surface area contributed by atoms with Gasteiger partial charge in [-0.3, -0.25) is 13.9 Å². The van der Waals surface area contributed by atoms with Gasteiger partial charge in [0, 0.05) is 17.6 Å². The van der Waals surface area contributed by atoms with Crippen molar-refractivity contribution >= 4 is 39.1 Å². The number of hydrogen-bond acceptors (Lipinski definition) is 5. The average Bonchev–Trinajstić information content (AvgIpc) is 3.01. The van der Waals surface area contributed by atoms with Crippen LogP contribution in [0.3, 0.4) is 0 Å². The van der Waals surface area contributed by atoms with Crippen LogP contribution in [0, 0.1) is 0 Å². The molecule has 42 heavy (non-hydrogen) atoms. The molecule has 2 amide bonds. The summed E-state index contributed by atoms with van der Waals surface area (Å²) in [7, 11) is -2.61. The fraction of sp³-hybridized carbons (Fsp3) is 0.375. The Morgan fingerprint density at radius 1 is 0.952 bits per heavy atom. The first kappa shape index (κ1) is 31.4.